The molecule has 4 heteroatoms. The summed E-state index contributed by atoms with van der Waals surface area (Å²) in [5, 5.41) is 5.05. The Morgan fingerprint density at radius 2 is 2.50 bits per heavy atom. The summed E-state index contributed by atoms with van der Waals surface area (Å²) in [6, 6.07) is 3.55. The third-order valence-corrected chi connectivity index (χ3v) is 2.71. The van der Waals surface area contributed by atoms with Crippen LogP contribution in [0.15, 0.2) is 29.7 Å². The highest BCUT2D eigenvalue weighted by atomic mass is 32.1. The molecular formula is C10H14N2OS. The van der Waals surface area contributed by atoms with Crippen LogP contribution in [0, 0.1) is 0 Å². The Hall–Kier alpha value is -1.13. The summed E-state index contributed by atoms with van der Waals surface area (Å²) in [6.07, 6.45) is 0. The van der Waals surface area contributed by atoms with Crippen molar-refractivity contribution in [2.24, 2.45) is 5.73 Å². The highest BCUT2D eigenvalue weighted by Gasteiger charge is 2.14. The van der Waals surface area contributed by atoms with Gasteiger partial charge in [-0.05, 0) is 18.4 Å². The predicted molar refractivity (Wildman–Crippen MR) is 59.0 cm³/mol. The van der Waals surface area contributed by atoms with Gasteiger partial charge in [-0.1, -0.05) is 18.2 Å². The van der Waals surface area contributed by atoms with Crippen molar-refractivity contribution in [1.29, 1.82) is 0 Å². The van der Waals surface area contributed by atoms with Crippen LogP contribution in [0.5, 0.6) is 0 Å². The number of amides is 1. The maximum Gasteiger partial charge on any atom is 0.238 e. The zero-order valence-corrected chi connectivity index (χ0v) is 8.93. The van der Waals surface area contributed by atoms with E-state index in [4.69, 9.17) is 5.73 Å². The van der Waals surface area contributed by atoms with E-state index in [0.29, 0.717) is 6.54 Å². The average molecular weight is 210 g/mol. The van der Waals surface area contributed by atoms with Crippen molar-refractivity contribution in [3.63, 3.8) is 0 Å². The maximum atomic E-state index is 11.0. The molecule has 1 heterocycles. The fourth-order valence-electron chi connectivity index (χ4n) is 1.13. The van der Waals surface area contributed by atoms with Crippen molar-refractivity contribution >= 4 is 17.2 Å². The molecule has 14 heavy (non-hydrogen) atoms. The van der Waals surface area contributed by atoms with Gasteiger partial charge in [0.25, 0.3) is 0 Å². The monoisotopic (exact) mass is 210 g/mol. The molecule has 0 radical (unpaired) electrons. The topological polar surface area (TPSA) is 55.1 Å². The maximum absolute atomic E-state index is 11.0. The van der Waals surface area contributed by atoms with Crippen molar-refractivity contribution in [2.45, 2.75) is 19.5 Å². The number of primary amides is 1. The third kappa shape index (κ3) is 2.97. The number of rotatable bonds is 5. The lowest BCUT2D eigenvalue weighted by molar-refractivity contribution is -0.119. The lowest BCUT2D eigenvalue weighted by Crippen LogP contribution is -2.41. The van der Waals surface area contributed by atoms with Crippen molar-refractivity contribution in [2.75, 3.05) is 0 Å². The summed E-state index contributed by atoms with van der Waals surface area (Å²) < 4.78 is 0. The Labute approximate surface area is 87.6 Å². The molecule has 76 valence electrons. The van der Waals surface area contributed by atoms with Gasteiger partial charge in [0.1, 0.15) is 6.04 Å². The van der Waals surface area contributed by atoms with E-state index in [2.05, 4.69) is 11.9 Å². The van der Waals surface area contributed by atoms with Gasteiger partial charge in [-0.15, -0.1) is 11.3 Å². The van der Waals surface area contributed by atoms with E-state index in [-0.39, 0.29) is 5.91 Å². The summed E-state index contributed by atoms with van der Waals surface area (Å²) in [5.41, 5.74) is 5.96. The van der Waals surface area contributed by atoms with Crippen molar-refractivity contribution in [3.8, 4) is 0 Å². The second-order valence-electron chi connectivity index (χ2n) is 3.14. The summed E-state index contributed by atoms with van der Waals surface area (Å²) >= 11 is 1.64. The van der Waals surface area contributed by atoms with E-state index in [1.165, 1.54) is 4.88 Å². The minimum absolute atomic E-state index is 0.381. The Balaban J connectivity index is 2.49. The van der Waals surface area contributed by atoms with Crippen LogP contribution in [0.4, 0.5) is 0 Å². The zero-order chi connectivity index (χ0) is 10.6. The molecule has 1 rings (SSSR count). The molecular weight excluding hydrogens is 196 g/mol. The van der Waals surface area contributed by atoms with Gasteiger partial charge in [0.15, 0.2) is 0 Å². The standard InChI is InChI=1S/C10H14N2OS/c1-7(2)9(10(11)13)12-6-8-4-3-5-14-8/h3-5,9,12H,1,6H2,2H3,(H2,11,13). The SMILES string of the molecule is C=C(C)C(NCc1cccs1)C(N)=O. The zero-order valence-electron chi connectivity index (χ0n) is 8.12. The minimum atomic E-state index is -0.433. The quantitative estimate of drug-likeness (QED) is 0.719. The second-order valence-corrected chi connectivity index (χ2v) is 4.17. The minimum Gasteiger partial charge on any atom is -0.368 e. The third-order valence-electron chi connectivity index (χ3n) is 1.84. The molecule has 1 atom stereocenters. The van der Waals surface area contributed by atoms with Crippen molar-refractivity contribution < 1.29 is 4.79 Å². The largest absolute Gasteiger partial charge is 0.368 e. The first kappa shape index (κ1) is 10.9. The number of thiophene rings is 1. The fourth-order valence-corrected chi connectivity index (χ4v) is 1.79. The lowest BCUT2D eigenvalue weighted by atomic mass is 10.1. The summed E-state index contributed by atoms with van der Waals surface area (Å²) in [6.45, 7) is 6.16. The van der Waals surface area contributed by atoms with Crippen LogP contribution in [0.3, 0.4) is 0 Å². The summed E-state index contributed by atoms with van der Waals surface area (Å²) in [7, 11) is 0. The molecule has 3 N–H and O–H groups in total. The van der Waals surface area contributed by atoms with E-state index >= 15 is 0 Å². The van der Waals surface area contributed by atoms with E-state index < -0.39 is 6.04 Å². The van der Waals surface area contributed by atoms with Crippen molar-refractivity contribution in [1.82, 2.24) is 5.32 Å². The van der Waals surface area contributed by atoms with Crippen LogP contribution < -0.4 is 11.1 Å². The van der Waals surface area contributed by atoms with Gasteiger partial charge in [-0.2, -0.15) is 0 Å². The van der Waals surface area contributed by atoms with E-state index in [0.717, 1.165) is 5.57 Å². The number of carbonyl (C=O) groups excluding carboxylic acids is 1. The van der Waals surface area contributed by atoms with E-state index in [9.17, 15) is 4.79 Å². The Kier molecular flexibility index (Phi) is 3.85. The number of nitrogens with one attached hydrogen (secondary N) is 1. The molecule has 0 saturated heterocycles. The molecule has 0 bridgehead atoms. The smallest absolute Gasteiger partial charge is 0.238 e. The van der Waals surface area contributed by atoms with Crippen LogP contribution in [-0.4, -0.2) is 11.9 Å². The molecule has 1 amide bonds. The van der Waals surface area contributed by atoms with Gasteiger partial charge in [-0.3, -0.25) is 10.1 Å². The van der Waals surface area contributed by atoms with Gasteiger partial charge < -0.3 is 5.73 Å². The molecule has 1 aromatic rings. The molecule has 1 aromatic heterocycles. The molecule has 0 spiro atoms. The molecule has 0 fully saturated rings. The second kappa shape index (κ2) is 4.93. The molecule has 0 aliphatic carbocycles. The molecule has 0 aliphatic rings. The first-order valence-electron chi connectivity index (χ1n) is 4.31. The average Bonchev–Trinajstić information content (AvgIpc) is 2.55. The summed E-state index contributed by atoms with van der Waals surface area (Å²) in [4.78, 5) is 12.2. The first-order valence-corrected chi connectivity index (χ1v) is 5.19. The van der Waals surface area contributed by atoms with Crippen LogP contribution in [-0.2, 0) is 11.3 Å². The van der Waals surface area contributed by atoms with E-state index in [1.54, 1.807) is 18.3 Å². The van der Waals surface area contributed by atoms with Crippen LogP contribution in [0.1, 0.15) is 11.8 Å². The molecule has 0 saturated carbocycles. The Morgan fingerprint density at radius 3 is 2.93 bits per heavy atom. The number of hydrogen-bond donors (Lipinski definition) is 2. The van der Waals surface area contributed by atoms with Crippen LogP contribution in [0.2, 0.25) is 0 Å². The first-order chi connectivity index (χ1) is 6.61. The Bertz CT molecular complexity index is 305. The highest BCUT2D eigenvalue weighted by molar-refractivity contribution is 7.09. The van der Waals surface area contributed by atoms with Gasteiger partial charge in [0.2, 0.25) is 5.91 Å². The number of carbonyl (C=O) groups is 1. The van der Waals surface area contributed by atoms with Crippen LogP contribution >= 0.6 is 11.3 Å². The normalized spacial score (nSPS) is 12.4. The van der Waals surface area contributed by atoms with Crippen molar-refractivity contribution in [3.05, 3.63) is 34.5 Å². The van der Waals surface area contributed by atoms with Crippen LogP contribution in [0.25, 0.3) is 0 Å². The van der Waals surface area contributed by atoms with Gasteiger partial charge in [0.05, 0.1) is 0 Å². The molecule has 0 aromatic carbocycles. The molecule has 1 unspecified atom stereocenters. The Morgan fingerprint density at radius 1 is 1.79 bits per heavy atom. The molecule has 0 aliphatic heterocycles. The van der Waals surface area contributed by atoms with Gasteiger partial charge in [0, 0.05) is 11.4 Å². The lowest BCUT2D eigenvalue weighted by Gasteiger charge is -2.14. The van der Waals surface area contributed by atoms with Gasteiger partial charge >= 0.3 is 0 Å². The fraction of sp³-hybridized carbons (Fsp3) is 0.300. The predicted octanol–water partition coefficient (Wildman–Crippen LogP) is 1.27. The highest BCUT2D eigenvalue weighted by Crippen LogP contribution is 2.08. The van der Waals surface area contributed by atoms with E-state index in [1.807, 2.05) is 17.5 Å². The molecule has 3 nitrogen and oxygen atoms in total. The number of hydrogen-bond acceptors (Lipinski definition) is 3. The summed E-state index contributed by atoms with van der Waals surface area (Å²) in [5.74, 6) is -0.381. The number of nitrogens with two attached hydrogens (primary N) is 1. The van der Waals surface area contributed by atoms with Gasteiger partial charge in [-0.25, -0.2) is 0 Å².